The van der Waals surface area contributed by atoms with E-state index in [1.54, 1.807) is 0 Å². The van der Waals surface area contributed by atoms with E-state index in [2.05, 4.69) is 51.8 Å². The van der Waals surface area contributed by atoms with Crippen molar-refractivity contribution in [3.63, 3.8) is 0 Å². The van der Waals surface area contributed by atoms with Gasteiger partial charge in [-0.05, 0) is 96.2 Å². The van der Waals surface area contributed by atoms with E-state index in [9.17, 15) is 0 Å². The Morgan fingerprint density at radius 1 is 0.818 bits per heavy atom. The van der Waals surface area contributed by atoms with Crippen LogP contribution in [0, 0.1) is 17.3 Å². The Labute approximate surface area is 139 Å². The Hall–Kier alpha value is -0.0800. The third kappa shape index (κ3) is 5.23. The van der Waals surface area contributed by atoms with Crippen LogP contribution < -0.4 is 5.32 Å². The van der Waals surface area contributed by atoms with Gasteiger partial charge in [-0.2, -0.15) is 0 Å². The van der Waals surface area contributed by atoms with E-state index in [0.29, 0.717) is 11.0 Å². The lowest BCUT2D eigenvalue weighted by Crippen LogP contribution is -2.48. The summed E-state index contributed by atoms with van der Waals surface area (Å²) in [5.74, 6) is 1.83. The van der Waals surface area contributed by atoms with Crippen LogP contribution in [0.2, 0.25) is 0 Å². The van der Waals surface area contributed by atoms with E-state index < -0.39 is 0 Å². The normalized spacial score (nSPS) is 29.7. The SMILES string of the molecule is CC(C)(C)C1CCC(NCC2CCN(C(C)(C)C)CC2)CC1. The number of rotatable bonds is 3. The summed E-state index contributed by atoms with van der Waals surface area (Å²) in [6.07, 6.45) is 8.38. The molecule has 1 N–H and O–H groups in total. The minimum atomic E-state index is 0.351. The highest BCUT2D eigenvalue weighted by molar-refractivity contribution is 4.86. The third-order valence-electron chi connectivity index (χ3n) is 6.21. The van der Waals surface area contributed by atoms with Gasteiger partial charge in [0, 0.05) is 11.6 Å². The van der Waals surface area contributed by atoms with Crippen LogP contribution in [-0.2, 0) is 0 Å². The maximum absolute atomic E-state index is 3.90. The molecule has 2 heteroatoms. The van der Waals surface area contributed by atoms with Gasteiger partial charge in [-0.25, -0.2) is 0 Å². The second kappa shape index (κ2) is 7.21. The Morgan fingerprint density at radius 3 is 1.82 bits per heavy atom. The summed E-state index contributed by atoms with van der Waals surface area (Å²) in [7, 11) is 0. The number of hydrogen-bond donors (Lipinski definition) is 1. The number of likely N-dealkylation sites (tertiary alicyclic amines) is 1. The molecule has 0 radical (unpaired) electrons. The lowest BCUT2D eigenvalue weighted by molar-refractivity contribution is 0.0848. The van der Waals surface area contributed by atoms with Crippen molar-refractivity contribution in [2.45, 2.75) is 91.6 Å². The molecule has 0 spiro atoms. The Balaban J connectivity index is 1.64. The molecule has 22 heavy (non-hydrogen) atoms. The van der Waals surface area contributed by atoms with Crippen LogP contribution in [0.4, 0.5) is 0 Å². The number of nitrogens with one attached hydrogen (secondary N) is 1. The average molecular weight is 309 g/mol. The molecule has 2 rings (SSSR count). The van der Waals surface area contributed by atoms with Gasteiger partial charge < -0.3 is 5.32 Å². The highest BCUT2D eigenvalue weighted by Crippen LogP contribution is 2.37. The maximum atomic E-state index is 3.90. The van der Waals surface area contributed by atoms with Crippen molar-refractivity contribution in [2.75, 3.05) is 19.6 Å². The van der Waals surface area contributed by atoms with Crippen molar-refractivity contribution in [1.82, 2.24) is 10.2 Å². The molecule has 0 atom stereocenters. The van der Waals surface area contributed by atoms with Crippen LogP contribution in [0.1, 0.15) is 80.1 Å². The van der Waals surface area contributed by atoms with Crippen LogP contribution in [0.3, 0.4) is 0 Å². The summed E-state index contributed by atoms with van der Waals surface area (Å²) >= 11 is 0. The topological polar surface area (TPSA) is 15.3 Å². The molecule has 1 heterocycles. The van der Waals surface area contributed by atoms with E-state index in [4.69, 9.17) is 0 Å². The minimum Gasteiger partial charge on any atom is -0.314 e. The number of nitrogens with zero attached hydrogens (tertiary/aromatic N) is 1. The zero-order valence-corrected chi connectivity index (χ0v) is 16.0. The second-order valence-electron chi connectivity index (χ2n) is 9.92. The van der Waals surface area contributed by atoms with Gasteiger partial charge in [-0.1, -0.05) is 20.8 Å². The van der Waals surface area contributed by atoms with Crippen molar-refractivity contribution in [2.24, 2.45) is 17.3 Å². The Morgan fingerprint density at radius 2 is 1.36 bits per heavy atom. The first-order valence-electron chi connectivity index (χ1n) is 9.64. The summed E-state index contributed by atoms with van der Waals surface area (Å²) in [5, 5.41) is 3.90. The quantitative estimate of drug-likeness (QED) is 0.813. The van der Waals surface area contributed by atoms with Crippen molar-refractivity contribution < 1.29 is 0 Å². The van der Waals surface area contributed by atoms with Crippen LogP contribution in [0.5, 0.6) is 0 Å². The van der Waals surface area contributed by atoms with Crippen molar-refractivity contribution >= 4 is 0 Å². The van der Waals surface area contributed by atoms with E-state index in [-0.39, 0.29) is 0 Å². The smallest absolute Gasteiger partial charge is 0.0125 e. The van der Waals surface area contributed by atoms with Gasteiger partial charge in [0.15, 0.2) is 0 Å². The summed E-state index contributed by atoms with van der Waals surface area (Å²) in [6.45, 7) is 18.1. The van der Waals surface area contributed by atoms with Crippen molar-refractivity contribution in [3.8, 4) is 0 Å². The highest BCUT2D eigenvalue weighted by Gasteiger charge is 2.30. The fraction of sp³-hybridized carbons (Fsp3) is 1.00. The van der Waals surface area contributed by atoms with Gasteiger partial charge in [0.25, 0.3) is 0 Å². The van der Waals surface area contributed by atoms with Crippen LogP contribution in [0.15, 0.2) is 0 Å². The Kier molecular flexibility index (Phi) is 5.99. The molecular formula is C20H40N2. The van der Waals surface area contributed by atoms with Gasteiger partial charge in [0.05, 0.1) is 0 Å². The predicted molar refractivity (Wildman–Crippen MR) is 97.3 cm³/mol. The molecule has 0 aromatic rings. The summed E-state index contributed by atoms with van der Waals surface area (Å²) in [6, 6.07) is 0.791. The molecule has 0 amide bonds. The first kappa shape index (κ1) is 18.3. The van der Waals surface area contributed by atoms with Crippen molar-refractivity contribution in [3.05, 3.63) is 0 Å². The van der Waals surface area contributed by atoms with E-state index in [0.717, 1.165) is 17.9 Å². The third-order valence-corrected chi connectivity index (χ3v) is 6.21. The van der Waals surface area contributed by atoms with Gasteiger partial charge in [0.1, 0.15) is 0 Å². The van der Waals surface area contributed by atoms with Crippen LogP contribution >= 0.6 is 0 Å². The largest absolute Gasteiger partial charge is 0.314 e. The molecule has 1 saturated heterocycles. The predicted octanol–water partition coefficient (Wildman–Crippen LogP) is 4.69. The zero-order chi connectivity index (χ0) is 16.4. The van der Waals surface area contributed by atoms with E-state index >= 15 is 0 Å². The average Bonchev–Trinajstić information content (AvgIpc) is 2.44. The monoisotopic (exact) mass is 308 g/mol. The van der Waals surface area contributed by atoms with Gasteiger partial charge in [-0.15, -0.1) is 0 Å². The summed E-state index contributed by atoms with van der Waals surface area (Å²) < 4.78 is 0. The highest BCUT2D eigenvalue weighted by atomic mass is 15.2. The second-order valence-corrected chi connectivity index (χ2v) is 9.92. The number of hydrogen-bond acceptors (Lipinski definition) is 2. The molecule has 0 bridgehead atoms. The van der Waals surface area contributed by atoms with Gasteiger partial charge in [0.2, 0.25) is 0 Å². The summed E-state index contributed by atoms with van der Waals surface area (Å²) in [5.41, 5.74) is 0.856. The standard InChI is InChI=1S/C20H40N2/c1-19(2,3)17-7-9-18(10-8-17)21-15-16-11-13-22(14-12-16)20(4,5)6/h16-18,21H,7-15H2,1-6H3. The van der Waals surface area contributed by atoms with Gasteiger partial charge in [-0.3, -0.25) is 4.90 Å². The van der Waals surface area contributed by atoms with E-state index in [1.807, 2.05) is 0 Å². The minimum absolute atomic E-state index is 0.351. The molecule has 0 aromatic heterocycles. The fourth-order valence-electron chi connectivity index (χ4n) is 4.30. The first-order valence-corrected chi connectivity index (χ1v) is 9.64. The van der Waals surface area contributed by atoms with Crippen molar-refractivity contribution in [1.29, 1.82) is 0 Å². The lowest BCUT2D eigenvalue weighted by atomic mass is 9.71. The maximum Gasteiger partial charge on any atom is 0.0125 e. The fourth-order valence-corrected chi connectivity index (χ4v) is 4.30. The summed E-state index contributed by atoms with van der Waals surface area (Å²) in [4.78, 5) is 2.65. The molecule has 2 aliphatic rings. The zero-order valence-electron chi connectivity index (χ0n) is 16.0. The molecule has 130 valence electrons. The first-order chi connectivity index (χ1) is 10.2. The van der Waals surface area contributed by atoms with Gasteiger partial charge >= 0.3 is 0 Å². The Bertz CT molecular complexity index is 287. The molecule has 1 saturated carbocycles. The molecule has 1 aliphatic carbocycles. The molecular weight excluding hydrogens is 268 g/mol. The molecule has 1 aliphatic heterocycles. The lowest BCUT2D eigenvalue weighted by Gasteiger charge is -2.41. The molecule has 0 unspecified atom stereocenters. The molecule has 2 nitrogen and oxygen atoms in total. The van der Waals surface area contributed by atoms with Crippen LogP contribution in [0.25, 0.3) is 0 Å². The molecule has 0 aromatic carbocycles. The molecule has 2 fully saturated rings. The van der Waals surface area contributed by atoms with Crippen LogP contribution in [-0.4, -0.2) is 36.1 Å². The van der Waals surface area contributed by atoms with E-state index in [1.165, 1.54) is 58.2 Å². The number of piperidine rings is 1.